The van der Waals surface area contributed by atoms with E-state index >= 15 is 57.1 Å². The maximum atomic E-state index is 16.2. The van der Waals surface area contributed by atoms with Crippen molar-refractivity contribution >= 4 is 17.9 Å². The fourth-order valence-corrected chi connectivity index (χ4v) is 6.22. The summed E-state index contributed by atoms with van der Waals surface area (Å²) in [6.45, 7) is 0. The monoisotopic (exact) mass is 1010 g/mol. The molecular weight excluding hydrogens is 1010 g/mol. The van der Waals surface area contributed by atoms with Crippen molar-refractivity contribution in [1.29, 1.82) is 0 Å². The smallest absolute Gasteiger partial charge is 0.436 e. The minimum Gasteiger partial charge on any atom is -0.436 e. The predicted octanol–water partition coefficient (Wildman–Crippen LogP) is 8.89. The lowest BCUT2D eigenvalue weighted by molar-refractivity contribution is -0.630. The third kappa shape index (κ3) is 4.65. The number of rotatable bonds is 6. The number of carbonyl (C=O) groups excluding carboxylic acids is 3. The third-order valence-corrected chi connectivity index (χ3v) is 9.20. The van der Waals surface area contributed by atoms with Crippen LogP contribution in [0.3, 0.4) is 0 Å². The predicted molar refractivity (Wildman–Crippen MR) is 108 cm³/mol. The molecule has 6 nitrogen and oxygen atoms in total. The Labute approximate surface area is 309 Å². The maximum Gasteiger partial charge on any atom is 0.442 e. The van der Waals surface area contributed by atoms with E-state index in [-0.39, 0.29) is 0 Å². The molecule has 0 spiro atoms. The molecule has 0 heterocycles. The Morgan fingerprint density at radius 1 is 0.258 bits per heavy atom. The summed E-state index contributed by atoms with van der Waals surface area (Å²) in [5, 5.41) is 0. The molecule has 4 aliphatic rings. The molecule has 0 amide bonds. The average Bonchev–Trinajstić information content (AvgIpc) is 3.00. The molecule has 4 bridgehead atoms. The van der Waals surface area contributed by atoms with Crippen molar-refractivity contribution in [3.63, 3.8) is 0 Å². The van der Waals surface area contributed by atoms with Gasteiger partial charge < -0.3 is 14.2 Å². The summed E-state index contributed by atoms with van der Waals surface area (Å²) in [5.41, 5.74) is -65.9. The second-order valence-electron chi connectivity index (χ2n) is 12.3. The highest BCUT2D eigenvalue weighted by Gasteiger charge is 3.25. The summed E-state index contributed by atoms with van der Waals surface area (Å²) in [6, 6.07) is 0. The fourth-order valence-electron chi connectivity index (χ4n) is 6.22. The summed E-state index contributed by atoms with van der Waals surface area (Å²) in [6.07, 6.45) is -52.1. The summed E-state index contributed by atoms with van der Waals surface area (Å²) in [7, 11) is 0. The van der Waals surface area contributed by atoms with Crippen LogP contribution in [0.5, 0.6) is 0 Å². The van der Waals surface area contributed by atoms with Crippen molar-refractivity contribution < 1.29 is 178 Å². The Kier molecular flexibility index (Phi) is 10.2. The summed E-state index contributed by atoms with van der Waals surface area (Å²) >= 11 is 0. The van der Waals surface area contributed by atoms with Crippen molar-refractivity contribution in [2.45, 2.75) is 112 Å². The van der Waals surface area contributed by atoms with E-state index in [1.807, 2.05) is 0 Å². The van der Waals surface area contributed by atoms with Crippen molar-refractivity contribution in [2.75, 3.05) is 0 Å². The number of esters is 3. The van der Waals surface area contributed by atoms with Crippen LogP contribution < -0.4 is 0 Å². The molecular formula is C22F34O6. The van der Waals surface area contributed by atoms with E-state index in [0.29, 0.717) is 0 Å². The third-order valence-electron chi connectivity index (χ3n) is 9.20. The van der Waals surface area contributed by atoms with Gasteiger partial charge in [0.1, 0.15) is 0 Å². The quantitative estimate of drug-likeness (QED) is 0.150. The van der Waals surface area contributed by atoms with E-state index in [9.17, 15) is 107 Å². The zero-order valence-corrected chi connectivity index (χ0v) is 26.3. The van der Waals surface area contributed by atoms with Gasteiger partial charge in [-0.25, -0.2) is 31.9 Å². The highest BCUT2D eigenvalue weighted by molar-refractivity contribution is 5.86. The lowest BCUT2D eigenvalue weighted by Gasteiger charge is -2.76. The van der Waals surface area contributed by atoms with Crippen LogP contribution in [0.1, 0.15) is 0 Å². The van der Waals surface area contributed by atoms with Crippen molar-refractivity contribution in [3.8, 4) is 0 Å². The largest absolute Gasteiger partial charge is 0.442 e. The molecule has 40 heteroatoms. The molecule has 4 saturated carbocycles. The van der Waals surface area contributed by atoms with Gasteiger partial charge in [0, 0.05) is 0 Å². The van der Waals surface area contributed by atoms with Gasteiger partial charge in [-0.3, -0.25) is 0 Å². The normalized spacial score (nSPS) is 31.6. The Morgan fingerprint density at radius 2 is 0.387 bits per heavy atom. The Morgan fingerprint density at radius 3 is 0.500 bits per heavy atom. The molecule has 362 valence electrons. The van der Waals surface area contributed by atoms with Crippen molar-refractivity contribution in [3.05, 3.63) is 0 Å². The van der Waals surface area contributed by atoms with Crippen LogP contribution in [0, 0.1) is 0 Å². The topological polar surface area (TPSA) is 78.9 Å². The average molecular weight is 1010 g/mol. The molecule has 0 saturated heterocycles. The summed E-state index contributed by atoms with van der Waals surface area (Å²) < 4.78 is 493. The van der Waals surface area contributed by atoms with Crippen LogP contribution in [0.15, 0.2) is 0 Å². The number of alkyl halides is 34. The molecule has 0 N–H and O–H groups in total. The maximum absolute atomic E-state index is 16.2. The Balaban J connectivity index is 2.93. The first-order valence-corrected chi connectivity index (χ1v) is 13.5. The van der Waals surface area contributed by atoms with Crippen LogP contribution in [-0.4, -0.2) is 130 Å². The fraction of sp³-hybridized carbons (Fsp3) is 0.864. The molecule has 62 heavy (non-hydrogen) atoms. The minimum atomic E-state index is -10.0. The van der Waals surface area contributed by atoms with Gasteiger partial charge in [-0.15, -0.1) is 0 Å². The van der Waals surface area contributed by atoms with Gasteiger partial charge >= 0.3 is 130 Å². The first-order chi connectivity index (χ1) is 26.4. The van der Waals surface area contributed by atoms with E-state index in [1.165, 1.54) is 14.2 Å². The van der Waals surface area contributed by atoms with E-state index in [4.69, 9.17) is 0 Å². The minimum absolute atomic E-state index is 1.51. The molecule has 0 aromatic heterocycles. The van der Waals surface area contributed by atoms with Crippen molar-refractivity contribution in [1.82, 2.24) is 0 Å². The molecule has 0 aromatic carbocycles. The van der Waals surface area contributed by atoms with Gasteiger partial charge in [0.2, 0.25) is 0 Å². The van der Waals surface area contributed by atoms with Gasteiger partial charge in [-0.1, -0.05) is 0 Å². The second-order valence-corrected chi connectivity index (χ2v) is 12.3. The first-order valence-electron chi connectivity index (χ1n) is 13.5. The highest BCUT2D eigenvalue weighted by atomic mass is 19.5. The van der Waals surface area contributed by atoms with E-state index < -0.39 is 130 Å². The Hall–Kier alpha value is -3.97. The van der Waals surface area contributed by atoms with Crippen LogP contribution in [-0.2, 0) is 28.6 Å². The number of hydrogen-bond acceptors (Lipinski definition) is 6. The van der Waals surface area contributed by atoms with E-state index in [2.05, 4.69) is 0 Å². The molecule has 0 aromatic rings. The standard InChI is InChI=1S/C22F34O6/c23-4(17(39,40)41,18(42,43)44)1(57)60-8-11(27,28)7(26)12(29,30)9(14(8,33)34,61-2(58)5(24,19(45,46)47)20(48,49)50)16(37,38)10(13(7,31)32,15(8,35)36)62-3(59)6(25,21(51,52)53)22(54,55)56. The van der Waals surface area contributed by atoms with Crippen LogP contribution in [0.2, 0.25) is 0 Å². The van der Waals surface area contributed by atoms with Crippen LogP contribution in [0.4, 0.5) is 149 Å². The molecule has 0 atom stereocenters. The van der Waals surface area contributed by atoms with Gasteiger partial charge in [-0.05, 0) is 0 Å². The van der Waals surface area contributed by atoms with Gasteiger partial charge in [0.25, 0.3) is 0 Å². The molecule has 4 aliphatic carbocycles. The van der Waals surface area contributed by atoms with Crippen LogP contribution in [0.25, 0.3) is 0 Å². The number of halogens is 34. The van der Waals surface area contributed by atoms with Gasteiger partial charge in [0.15, 0.2) is 0 Å². The number of carbonyl (C=O) groups is 3. The number of ether oxygens (including phenoxy) is 3. The van der Waals surface area contributed by atoms with E-state index in [0.717, 1.165) is 0 Å². The molecule has 4 rings (SSSR count). The summed E-state index contributed by atoms with van der Waals surface area (Å²) in [4.78, 5) is 35.8. The zero-order chi connectivity index (χ0) is 50.4. The number of hydrogen-bond donors (Lipinski definition) is 0. The molecule has 0 radical (unpaired) electrons. The molecule has 0 unspecified atom stereocenters. The van der Waals surface area contributed by atoms with E-state index in [1.54, 1.807) is 0 Å². The molecule has 4 fully saturated rings. The zero-order valence-electron chi connectivity index (χ0n) is 26.3. The van der Waals surface area contributed by atoms with Gasteiger partial charge in [-0.2, -0.15) is 132 Å². The van der Waals surface area contributed by atoms with Crippen LogP contribution >= 0.6 is 0 Å². The molecule has 0 aliphatic heterocycles. The van der Waals surface area contributed by atoms with Gasteiger partial charge in [0.05, 0.1) is 0 Å². The Bertz CT molecular complexity index is 1610. The summed E-state index contributed by atoms with van der Waals surface area (Å²) in [5.74, 6) is -78.7. The van der Waals surface area contributed by atoms with Crippen molar-refractivity contribution in [2.24, 2.45) is 0 Å². The lowest BCUT2D eigenvalue weighted by atomic mass is 9.38. The lowest BCUT2D eigenvalue weighted by Crippen LogP contribution is -3.12. The second kappa shape index (κ2) is 12.0. The first kappa shape index (κ1) is 52.4. The highest BCUT2D eigenvalue weighted by Crippen LogP contribution is 2.89. The SMILES string of the molecule is O=C(OC12C(F)(F)C3(F)C(F)(F)C(OC(=O)C(F)(C(F)(F)F)C(F)(F)F)(C1(F)F)C(F)(F)C(OC(=O)C(F)(C(F)(F)F)C(F)(F)F)(C3(F)F)C2(F)F)C(F)(C(F)(F)F)C(F)(F)F.